The quantitative estimate of drug-likeness (QED) is 0.267. The number of amides is 1. The molecule has 0 N–H and O–H groups in total. The van der Waals surface area contributed by atoms with E-state index in [1.165, 1.54) is 66.7 Å². The molecule has 0 spiro atoms. The number of Topliss-reactive ketones (excluding diaryl/α,β-unsaturated/α-hetero) is 1. The van der Waals surface area contributed by atoms with E-state index in [0.29, 0.717) is 9.80 Å². The second kappa shape index (κ2) is 8.33. The van der Waals surface area contributed by atoms with Gasteiger partial charge in [0.05, 0.1) is 14.9 Å². The zero-order valence-corrected chi connectivity index (χ0v) is 16.6. The van der Waals surface area contributed by atoms with Gasteiger partial charge in [-0.15, -0.1) is 11.8 Å². The number of non-ortho nitro benzene ring substituents is 1. The number of hydrogen-bond acceptors (Lipinski definition) is 9. The van der Waals surface area contributed by atoms with Crippen molar-refractivity contribution in [2.24, 2.45) is 0 Å². The van der Waals surface area contributed by atoms with Crippen LogP contribution in [0.2, 0.25) is 0 Å². The third kappa shape index (κ3) is 3.91. The molecule has 0 bridgehead atoms. The van der Waals surface area contributed by atoms with E-state index in [4.69, 9.17) is 9.47 Å². The normalized spacial score (nSPS) is 20.6. The van der Waals surface area contributed by atoms with Crippen molar-refractivity contribution >= 4 is 46.9 Å². The van der Waals surface area contributed by atoms with Crippen LogP contribution in [0.4, 0.5) is 5.69 Å². The Morgan fingerprint density at radius 1 is 1.32 bits per heavy atom. The maximum atomic E-state index is 12.6. The number of ether oxygens (including phenoxy) is 2. The number of nitrogens with zero attached hydrogens (tertiary/aromatic N) is 2. The van der Waals surface area contributed by atoms with Crippen molar-refractivity contribution in [3.63, 3.8) is 0 Å². The Hall–Kier alpha value is -2.37. The summed E-state index contributed by atoms with van der Waals surface area (Å²) in [5.41, 5.74) is 0.623. The summed E-state index contributed by atoms with van der Waals surface area (Å²) in [6.45, 7) is 1.34. The monoisotopic (exact) mass is 424 g/mol. The van der Waals surface area contributed by atoms with E-state index in [1.54, 1.807) is 0 Å². The molecule has 1 fully saturated rings. The lowest BCUT2D eigenvalue weighted by atomic mass is 10.1. The Bertz CT molecular complexity index is 869. The van der Waals surface area contributed by atoms with Crippen molar-refractivity contribution in [3.8, 4) is 0 Å². The van der Waals surface area contributed by atoms with Gasteiger partial charge in [-0.3, -0.25) is 24.6 Å². The SMILES string of the molecule is COC1C(=O)N2C(C(=O)OCc3ccc([N+](=O)[O-])cc3)=C(SCC(C)=O)S[C@H]12. The van der Waals surface area contributed by atoms with E-state index in [2.05, 4.69) is 0 Å². The van der Waals surface area contributed by atoms with Gasteiger partial charge in [-0.2, -0.15) is 0 Å². The van der Waals surface area contributed by atoms with Gasteiger partial charge in [-0.25, -0.2) is 4.79 Å². The summed E-state index contributed by atoms with van der Waals surface area (Å²) in [4.78, 5) is 47.7. The van der Waals surface area contributed by atoms with Crippen molar-refractivity contribution in [2.45, 2.75) is 25.0 Å². The fourth-order valence-electron chi connectivity index (χ4n) is 2.65. The molecule has 2 atom stereocenters. The van der Waals surface area contributed by atoms with Gasteiger partial charge in [0.25, 0.3) is 11.6 Å². The molecule has 0 aromatic heterocycles. The molecule has 11 heteroatoms. The van der Waals surface area contributed by atoms with Crippen molar-refractivity contribution < 1.29 is 28.8 Å². The van der Waals surface area contributed by atoms with Gasteiger partial charge >= 0.3 is 5.97 Å². The first-order valence-corrected chi connectivity index (χ1v) is 9.99. The summed E-state index contributed by atoms with van der Waals surface area (Å²) in [6.07, 6.45) is -0.641. The van der Waals surface area contributed by atoms with Gasteiger partial charge < -0.3 is 9.47 Å². The second-order valence-electron chi connectivity index (χ2n) is 6.00. The third-order valence-electron chi connectivity index (χ3n) is 4.03. The van der Waals surface area contributed by atoms with Crippen LogP contribution in [0.3, 0.4) is 0 Å². The number of carbonyl (C=O) groups excluding carboxylic acids is 3. The van der Waals surface area contributed by atoms with E-state index in [0.717, 1.165) is 0 Å². The molecule has 1 aromatic rings. The Labute approximate surface area is 168 Å². The van der Waals surface area contributed by atoms with Crippen LogP contribution in [0.25, 0.3) is 0 Å². The van der Waals surface area contributed by atoms with Crippen LogP contribution < -0.4 is 0 Å². The van der Waals surface area contributed by atoms with Gasteiger partial charge in [0.2, 0.25) is 0 Å². The van der Waals surface area contributed by atoms with Crippen molar-refractivity contribution in [1.29, 1.82) is 0 Å². The smallest absolute Gasteiger partial charge is 0.357 e. The van der Waals surface area contributed by atoms with E-state index in [-0.39, 0.29) is 40.8 Å². The lowest BCUT2D eigenvalue weighted by Crippen LogP contribution is -2.61. The van der Waals surface area contributed by atoms with Crippen LogP contribution in [0, 0.1) is 10.1 Å². The molecule has 0 aliphatic carbocycles. The Kier molecular flexibility index (Phi) is 6.06. The van der Waals surface area contributed by atoms with Crippen LogP contribution in [-0.2, 0) is 30.5 Å². The maximum Gasteiger partial charge on any atom is 0.357 e. The summed E-state index contributed by atoms with van der Waals surface area (Å²) in [6, 6.07) is 5.63. The average Bonchev–Trinajstić information content (AvgIpc) is 3.00. The standard InChI is InChI=1S/C17H16N2O7S2/c1-9(20)8-27-17-12(18-14(21)13(25-2)15(18)28-17)16(22)26-7-10-3-5-11(6-4-10)19(23)24/h3-6,13,15H,7-8H2,1-2H3/t13?,15-/m1/s1. The molecule has 1 saturated heterocycles. The number of nitro groups is 1. The highest BCUT2D eigenvalue weighted by atomic mass is 32.2. The van der Waals surface area contributed by atoms with E-state index >= 15 is 0 Å². The fourth-order valence-corrected chi connectivity index (χ4v) is 5.23. The molecule has 9 nitrogen and oxygen atoms in total. The molecular weight excluding hydrogens is 408 g/mol. The van der Waals surface area contributed by atoms with E-state index < -0.39 is 17.0 Å². The zero-order chi connectivity index (χ0) is 20.4. The summed E-state index contributed by atoms with van der Waals surface area (Å²) in [7, 11) is 1.42. The number of methoxy groups -OCH3 is 1. The molecule has 0 saturated carbocycles. The Morgan fingerprint density at radius 3 is 2.57 bits per heavy atom. The Balaban J connectivity index is 1.72. The number of benzene rings is 1. The molecule has 2 aliphatic rings. The molecule has 3 rings (SSSR count). The first-order chi connectivity index (χ1) is 13.3. The molecule has 148 valence electrons. The minimum absolute atomic E-state index is 0.0550. The zero-order valence-electron chi connectivity index (χ0n) is 14.9. The van der Waals surface area contributed by atoms with Crippen LogP contribution >= 0.6 is 23.5 Å². The number of β-lactam (4-membered cyclic amide) rings is 1. The molecular formula is C17H16N2O7S2. The molecule has 1 aromatic carbocycles. The van der Waals surface area contributed by atoms with Crippen LogP contribution in [0.1, 0.15) is 12.5 Å². The summed E-state index contributed by atoms with van der Waals surface area (Å²) in [5, 5.41) is 10.3. The highest BCUT2D eigenvalue weighted by Gasteiger charge is 2.57. The van der Waals surface area contributed by atoms with Gasteiger partial charge in [-0.1, -0.05) is 11.8 Å². The molecule has 28 heavy (non-hydrogen) atoms. The fraction of sp³-hybridized carbons (Fsp3) is 0.353. The minimum atomic E-state index is -0.692. The van der Waals surface area contributed by atoms with Crippen molar-refractivity contribution in [2.75, 3.05) is 12.9 Å². The number of rotatable bonds is 8. The highest BCUT2D eigenvalue weighted by molar-refractivity contribution is 8.23. The second-order valence-corrected chi connectivity index (χ2v) is 8.37. The highest BCUT2D eigenvalue weighted by Crippen LogP contribution is 2.51. The third-order valence-corrected chi connectivity index (χ3v) is 6.78. The predicted molar refractivity (Wildman–Crippen MR) is 102 cm³/mol. The lowest BCUT2D eigenvalue weighted by molar-refractivity contribution is -0.384. The van der Waals surface area contributed by atoms with Gasteiger partial charge in [0.1, 0.15) is 17.8 Å². The average molecular weight is 424 g/mol. The lowest BCUT2D eigenvalue weighted by Gasteiger charge is -2.41. The van der Waals surface area contributed by atoms with E-state index in [1.807, 2.05) is 0 Å². The molecule has 1 amide bonds. The van der Waals surface area contributed by atoms with Crippen molar-refractivity contribution in [3.05, 3.63) is 49.9 Å². The van der Waals surface area contributed by atoms with Gasteiger partial charge in [0, 0.05) is 19.2 Å². The van der Waals surface area contributed by atoms with Crippen molar-refractivity contribution in [1.82, 2.24) is 4.90 Å². The molecule has 1 unspecified atom stereocenters. The summed E-state index contributed by atoms with van der Waals surface area (Å²) >= 11 is 2.48. The first kappa shape index (κ1) is 20.4. The summed E-state index contributed by atoms with van der Waals surface area (Å²) in [5.74, 6) is -0.906. The van der Waals surface area contributed by atoms with Crippen LogP contribution in [0.5, 0.6) is 0 Å². The summed E-state index contributed by atoms with van der Waals surface area (Å²) < 4.78 is 11.0. The number of thioether (sulfide) groups is 2. The predicted octanol–water partition coefficient (Wildman–Crippen LogP) is 2.06. The number of hydrogen-bond donors (Lipinski definition) is 0. The largest absolute Gasteiger partial charge is 0.456 e. The molecule has 2 heterocycles. The molecule has 2 aliphatic heterocycles. The van der Waals surface area contributed by atoms with E-state index in [9.17, 15) is 24.5 Å². The van der Waals surface area contributed by atoms with Crippen LogP contribution in [-0.4, -0.2) is 51.8 Å². The first-order valence-electron chi connectivity index (χ1n) is 8.13. The maximum absolute atomic E-state index is 12.6. The number of ketones is 1. The number of nitro benzene ring substituents is 1. The topological polar surface area (TPSA) is 116 Å². The molecule has 0 radical (unpaired) electrons. The van der Waals surface area contributed by atoms with Crippen LogP contribution in [0.15, 0.2) is 34.2 Å². The van der Waals surface area contributed by atoms with Gasteiger partial charge in [0.15, 0.2) is 11.8 Å². The minimum Gasteiger partial charge on any atom is -0.456 e. The Morgan fingerprint density at radius 2 is 2.00 bits per heavy atom. The number of fused-ring (bicyclic) bond motifs is 1. The van der Waals surface area contributed by atoms with Gasteiger partial charge in [-0.05, 0) is 24.6 Å². The number of carbonyl (C=O) groups is 3. The number of esters is 1.